The van der Waals surface area contributed by atoms with Crippen LogP contribution in [0.4, 0.5) is 15.8 Å². The highest BCUT2D eigenvalue weighted by Crippen LogP contribution is 2.35. The molecule has 1 saturated heterocycles. The highest BCUT2D eigenvalue weighted by molar-refractivity contribution is 7.09. The molecule has 1 fully saturated rings. The molecule has 0 unspecified atom stereocenters. The molecule has 3 aromatic rings. The Hall–Kier alpha value is -3.83. The Labute approximate surface area is 217 Å². The summed E-state index contributed by atoms with van der Waals surface area (Å²) in [6.45, 7) is 4.57. The number of nitrogens with two attached hydrogens (primary N) is 2. The third-order valence-electron chi connectivity index (χ3n) is 6.22. The highest BCUT2D eigenvalue weighted by atomic mass is 32.1. The summed E-state index contributed by atoms with van der Waals surface area (Å²) in [6.07, 6.45) is 1.59. The topological polar surface area (TPSA) is 141 Å². The van der Waals surface area contributed by atoms with Crippen molar-refractivity contribution in [1.29, 1.82) is 0 Å². The number of benzene rings is 2. The number of amides is 3. The second-order valence-corrected chi connectivity index (χ2v) is 9.71. The maximum Gasteiger partial charge on any atom is 0.273 e. The van der Waals surface area contributed by atoms with Crippen molar-refractivity contribution in [3.05, 3.63) is 75.5 Å². The first-order chi connectivity index (χ1) is 17.7. The van der Waals surface area contributed by atoms with Gasteiger partial charge in [0.2, 0.25) is 5.91 Å². The van der Waals surface area contributed by atoms with Crippen LogP contribution in [0.1, 0.15) is 55.7 Å². The fourth-order valence-electron chi connectivity index (χ4n) is 4.26. The summed E-state index contributed by atoms with van der Waals surface area (Å²) in [4.78, 5) is 40.9. The number of carbonyl (C=O) groups is 3. The number of nitrogen functional groups attached to an aromatic ring is 1. The standard InChI is InChI=1S/C26H28FN5O4S/c1-14-5-6-15(2)19(12-14)32(26(35)23-20(28)21(24(29)33)31-37-23)22(16-7-9-17(27)10-8-16)25(34)30-13-18-4-3-11-36-18/h5-10,12,18,22H,3-4,11,13,28H2,1-2H3,(H2,29,33)(H,30,34)/t18-,22-/m0/s1. The lowest BCUT2D eigenvalue weighted by Crippen LogP contribution is -2.46. The molecule has 1 aromatic heterocycles. The van der Waals surface area contributed by atoms with Gasteiger partial charge in [0.1, 0.15) is 16.7 Å². The van der Waals surface area contributed by atoms with E-state index in [1.54, 1.807) is 6.07 Å². The van der Waals surface area contributed by atoms with Gasteiger partial charge >= 0.3 is 0 Å². The molecule has 0 bridgehead atoms. The van der Waals surface area contributed by atoms with Crippen LogP contribution in [0.5, 0.6) is 0 Å². The van der Waals surface area contributed by atoms with E-state index in [-0.39, 0.29) is 28.9 Å². The number of anilines is 2. The summed E-state index contributed by atoms with van der Waals surface area (Å²) in [5.74, 6) is -2.47. The summed E-state index contributed by atoms with van der Waals surface area (Å²) < 4.78 is 23.4. The van der Waals surface area contributed by atoms with Crippen molar-refractivity contribution in [3.63, 3.8) is 0 Å². The first kappa shape index (κ1) is 26.2. The summed E-state index contributed by atoms with van der Waals surface area (Å²) in [7, 11) is 0. The lowest BCUT2D eigenvalue weighted by atomic mass is 10.00. The van der Waals surface area contributed by atoms with Crippen LogP contribution in [-0.4, -0.2) is 41.4 Å². The van der Waals surface area contributed by atoms with Gasteiger partial charge in [0.25, 0.3) is 11.8 Å². The summed E-state index contributed by atoms with van der Waals surface area (Å²) >= 11 is 0.727. The summed E-state index contributed by atoms with van der Waals surface area (Å²) in [5, 5.41) is 2.90. The zero-order valence-corrected chi connectivity index (χ0v) is 21.3. The maximum absolute atomic E-state index is 14.1. The van der Waals surface area contributed by atoms with Crippen LogP contribution < -0.4 is 21.7 Å². The molecular formula is C26H28FN5O4S. The normalized spacial score (nSPS) is 15.8. The molecule has 2 atom stereocenters. The molecule has 2 heterocycles. The van der Waals surface area contributed by atoms with E-state index in [1.807, 2.05) is 26.0 Å². The average molecular weight is 526 g/mol. The summed E-state index contributed by atoms with van der Waals surface area (Å²) in [6, 6.07) is 9.70. The number of carbonyl (C=O) groups excluding carboxylic acids is 3. The van der Waals surface area contributed by atoms with Gasteiger partial charge in [-0.15, -0.1) is 0 Å². The zero-order valence-electron chi connectivity index (χ0n) is 20.5. The third kappa shape index (κ3) is 5.62. The van der Waals surface area contributed by atoms with Gasteiger partial charge in [-0.3, -0.25) is 19.3 Å². The van der Waals surface area contributed by atoms with Crippen molar-refractivity contribution in [1.82, 2.24) is 9.69 Å². The fraction of sp³-hybridized carbons (Fsp3) is 0.308. The second kappa shape index (κ2) is 11.1. The van der Waals surface area contributed by atoms with Gasteiger partial charge in [0, 0.05) is 18.8 Å². The molecule has 11 heteroatoms. The molecule has 9 nitrogen and oxygen atoms in total. The van der Waals surface area contributed by atoms with Gasteiger partial charge < -0.3 is 21.5 Å². The van der Waals surface area contributed by atoms with E-state index in [9.17, 15) is 18.8 Å². The Morgan fingerprint density at radius 2 is 1.95 bits per heavy atom. The predicted molar refractivity (Wildman–Crippen MR) is 139 cm³/mol. The van der Waals surface area contributed by atoms with E-state index in [2.05, 4.69) is 9.69 Å². The molecule has 0 aliphatic carbocycles. The molecule has 4 rings (SSSR count). The molecular weight excluding hydrogens is 497 g/mol. The molecule has 0 saturated carbocycles. The molecule has 194 valence electrons. The first-order valence-corrected chi connectivity index (χ1v) is 12.5. The number of nitrogens with one attached hydrogen (secondary N) is 1. The first-order valence-electron chi connectivity index (χ1n) is 11.8. The maximum atomic E-state index is 14.1. The number of nitrogens with zero attached hydrogens (tertiary/aromatic N) is 2. The number of rotatable bonds is 8. The monoisotopic (exact) mass is 525 g/mol. The average Bonchev–Trinajstić information content (AvgIpc) is 3.53. The van der Waals surface area contributed by atoms with Crippen molar-refractivity contribution in [2.75, 3.05) is 23.8 Å². The van der Waals surface area contributed by atoms with E-state index in [0.29, 0.717) is 17.9 Å². The van der Waals surface area contributed by atoms with Crippen molar-refractivity contribution >= 4 is 40.6 Å². The molecule has 1 aliphatic rings. The van der Waals surface area contributed by atoms with Gasteiger partial charge in [0.05, 0.1) is 11.8 Å². The lowest BCUT2D eigenvalue weighted by Gasteiger charge is -2.33. The quantitative estimate of drug-likeness (QED) is 0.412. The van der Waals surface area contributed by atoms with Gasteiger partial charge in [0.15, 0.2) is 5.69 Å². The molecule has 0 radical (unpaired) electrons. The van der Waals surface area contributed by atoms with Crippen molar-refractivity contribution < 1.29 is 23.5 Å². The van der Waals surface area contributed by atoms with Gasteiger partial charge in [-0.1, -0.05) is 24.3 Å². The van der Waals surface area contributed by atoms with E-state index in [4.69, 9.17) is 16.2 Å². The van der Waals surface area contributed by atoms with E-state index in [0.717, 1.165) is 35.5 Å². The van der Waals surface area contributed by atoms with Crippen molar-refractivity contribution in [2.24, 2.45) is 5.73 Å². The Morgan fingerprint density at radius 1 is 1.22 bits per heavy atom. The number of aromatic nitrogens is 1. The number of hydrogen-bond donors (Lipinski definition) is 3. The molecule has 3 amide bonds. The van der Waals surface area contributed by atoms with E-state index >= 15 is 0 Å². The minimum atomic E-state index is -1.19. The van der Waals surface area contributed by atoms with Gasteiger partial charge in [-0.25, -0.2) is 4.39 Å². The lowest BCUT2D eigenvalue weighted by molar-refractivity contribution is -0.123. The molecule has 2 aromatic carbocycles. The Kier molecular flexibility index (Phi) is 7.84. The minimum absolute atomic E-state index is 0.0336. The number of hydrogen-bond acceptors (Lipinski definition) is 7. The highest BCUT2D eigenvalue weighted by Gasteiger charge is 2.37. The third-order valence-corrected chi connectivity index (χ3v) is 7.07. The minimum Gasteiger partial charge on any atom is -0.395 e. The largest absolute Gasteiger partial charge is 0.395 e. The zero-order chi connectivity index (χ0) is 26.7. The molecule has 0 spiro atoms. The van der Waals surface area contributed by atoms with Crippen LogP contribution in [0.2, 0.25) is 0 Å². The van der Waals surface area contributed by atoms with Crippen LogP contribution >= 0.6 is 11.5 Å². The van der Waals surface area contributed by atoms with Crippen LogP contribution in [0, 0.1) is 19.7 Å². The molecule has 37 heavy (non-hydrogen) atoms. The van der Waals surface area contributed by atoms with Crippen LogP contribution in [-0.2, 0) is 9.53 Å². The molecule has 5 N–H and O–H groups in total. The van der Waals surface area contributed by atoms with Crippen LogP contribution in [0.15, 0.2) is 42.5 Å². The van der Waals surface area contributed by atoms with Gasteiger partial charge in [-0.05, 0) is 73.1 Å². The van der Waals surface area contributed by atoms with Crippen molar-refractivity contribution in [2.45, 2.75) is 38.8 Å². The van der Waals surface area contributed by atoms with Crippen LogP contribution in [0.25, 0.3) is 0 Å². The number of aryl methyl sites for hydroxylation is 2. The Bertz CT molecular complexity index is 1320. The van der Waals surface area contributed by atoms with E-state index in [1.165, 1.54) is 29.2 Å². The SMILES string of the molecule is Cc1ccc(C)c(N(C(=O)c2snc(C(N)=O)c2N)[C@H](C(=O)NC[C@@H]2CCCO2)c2ccc(F)cc2)c1. The number of ether oxygens (including phenoxy) is 1. The number of primary amides is 1. The predicted octanol–water partition coefficient (Wildman–Crippen LogP) is 3.26. The second-order valence-electron chi connectivity index (χ2n) is 8.94. The fourth-order valence-corrected chi connectivity index (χ4v) is 5.00. The number of halogens is 1. The summed E-state index contributed by atoms with van der Waals surface area (Å²) in [5.41, 5.74) is 13.5. The Balaban J connectivity index is 1.84. The van der Waals surface area contributed by atoms with Crippen LogP contribution in [0.3, 0.4) is 0 Å². The van der Waals surface area contributed by atoms with E-state index < -0.39 is 29.6 Å². The molecule has 1 aliphatic heterocycles. The van der Waals surface area contributed by atoms with Gasteiger partial charge in [-0.2, -0.15) is 4.37 Å². The van der Waals surface area contributed by atoms with Crippen molar-refractivity contribution in [3.8, 4) is 0 Å². The smallest absolute Gasteiger partial charge is 0.273 e. The Morgan fingerprint density at radius 3 is 2.57 bits per heavy atom.